The largest absolute Gasteiger partial charge is 0.388 e. The van der Waals surface area contributed by atoms with Crippen molar-refractivity contribution in [2.45, 2.75) is 6.92 Å². The number of halogens is 3. The minimum Gasteiger partial charge on any atom is -0.388 e. The first-order valence-electron chi connectivity index (χ1n) is 6.16. The summed E-state index contributed by atoms with van der Waals surface area (Å²) in [7, 11) is 1.77. The minimum absolute atomic E-state index is 0.00699. The van der Waals surface area contributed by atoms with Gasteiger partial charge in [0.1, 0.15) is 11.6 Å². The molecule has 0 radical (unpaired) electrons. The molecule has 0 aliphatic carbocycles. The molecule has 1 amide bonds. The van der Waals surface area contributed by atoms with E-state index in [2.05, 4.69) is 26.6 Å². The Labute approximate surface area is 129 Å². The summed E-state index contributed by atoms with van der Waals surface area (Å²) in [6, 6.07) is 7.08. The Morgan fingerprint density at radius 1 is 1.14 bits per heavy atom. The first-order valence-corrected chi connectivity index (χ1v) is 6.96. The van der Waals surface area contributed by atoms with Crippen molar-refractivity contribution in [2.24, 2.45) is 0 Å². The molecule has 0 heterocycles. The summed E-state index contributed by atoms with van der Waals surface area (Å²) < 4.78 is 27.1. The van der Waals surface area contributed by atoms with E-state index in [0.29, 0.717) is 5.56 Å². The van der Waals surface area contributed by atoms with Crippen LogP contribution in [0, 0.1) is 18.6 Å². The number of carbonyl (C=O) groups excluding carboxylic acids is 1. The monoisotopic (exact) mass is 354 g/mol. The molecular weight excluding hydrogens is 342 g/mol. The Bertz CT molecular complexity index is 704. The number of benzene rings is 2. The lowest BCUT2D eigenvalue weighted by Gasteiger charge is -2.10. The van der Waals surface area contributed by atoms with E-state index < -0.39 is 17.5 Å². The van der Waals surface area contributed by atoms with Gasteiger partial charge < -0.3 is 10.6 Å². The molecule has 0 atom stereocenters. The van der Waals surface area contributed by atoms with Crippen molar-refractivity contribution >= 4 is 33.2 Å². The number of rotatable bonds is 3. The van der Waals surface area contributed by atoms with Crippen LogP contribution in [0.25, 0.3) is 0 Å². The second kappa shape index (κ2) is 6.22. The van der Waals surface area contributed by atoms with E-state index in [-0.39, 0.29) is 10.2 Å². The summed E-state index contributed by atoms with van der Waals surface area (Å²) in [6.07, 6.45) is 0. The average Bonchev–Trinajstić information content (AvgIpc) is 2.44. The zero-order chi connectivity index (χ0) is 15.6. The minimum atomic E-state index is -0.707. The average molecular weight is 355 g/mol. The van der Waals surface area contributed by atoms with Crippen LogP contribution in [-0.4, -0.2) is 13.0 Å². The number of hydrogen-bond acceptors (Lipinski definition) is 2. The number of aryl methyl sites for hydroxylation is 1. The second-order valence-corrected chi connectivity index (χ2v) is 5.33. The van der Waals surface area contributed by atoms with E-state index in [0.717, 1.165) is 23.4 Å². The lowest BCUT2D eigenvalue weighted by Crippen LogP contribution is -2.14. The molecule has 0 bridgehead atoms. The van der Waals surface area contributed by atoms with Crippen LogP contribution in [0.1, 0.15) is 15.9 Å². The quantitative estimate of drug-likeness (QED) is 0.805. The molecule has 2 rings (SSSR count). The van der Waals surface area contributed by atoms with E-state index >= 15 is 0 Å². The fourth-order valence-electron chi connectivity index (χ4n) is 1.88. The maximum atomic E-state index is 13.7. The molecule has 0 aliphatic heterocycles. The van der Waals surface area contributed by atoms with Gasteiger partial charge in [-0.2, -0.15) is 0 Å². The summed E-state index contributed by atoms with van der Waals surface area (Å²) in [5, 5.41) is 5.34. The van der Waals surface area contributed by atoms with Crippen LogP contribution in [0.4, 0.5) is 20.2 Å². The van der Waals surface area contributed by atoms with E-state index in [9.17, 15) is 13.6 Å². The molecule has 0 saturated carbocycles. The van der Waals surface area contributed by atoms with Crippen LogP contribution in [-0.2, 0) is 0 Å². The third kappa shape index (κ3) is 3.39. The highest BCUT2D eigenvalue weighted by Gasteiger charge is 2.14. The van der Waals surface area contributed by atoms with Crippen molar-refractivity contribution in [1.29, 1.82) is 0 Å². The molecule has 2 aromatic rings. The molecule has 110 valence electrons. The Kier molecular flexibility index (Phi) is 4.57. The van der Waals surface area contributed by atoms with Crippen molar-refractivity contribution < 1.29 is 13.6 Å². The van der Waals surface area contributed by atoms with Gasteiger partial charge in [0.05, 0.1) is 10.2 Å². The van der Waals surface area contributed by atoms with Gasteiger partial charge in [-0.05, 0) is 52.7 Å². The lowest BCUT2D eigenvalue weighted by atomic mass is 10.1. The Morgan fingerprint density at radius 3 is 2.48 bits per heavy atom. The van der Waals surface area contributed by atoms with Crippen LogP contribution < -0.4 is 10.6 Å². The molecule has 0 fully saturated rings. The Hall–Kier alpha value is -1.95. The number of carbonyl (C=O) groups is 1. The van der Waals surface area contributed by atoms with E-state index in [1.165, 1.54) is 0 Å². The predicted octanol–water partition coefficient (Wildman–Crippen LogP) is 4.33. The molecule has 0 aliphatic rings. The fraction of sp³-hybridized carbons (Fsp3) is 0.133. The highest BCUT2D eigenvalue weighted by molar-refractivity contribution is 9.10. The van der Waals surface area contributed by atoms with Crippen molar-refractivity contribution in [3.8, 4) is 0 Å². The van der Waals surface area contributed by atoms with Gasteiger partial charge in [-0.3, -0.25) is 4.79 Å². The third-order valence-corrected chi connectivity index (χ3v) is 3.63. The van der Waals surface area contributed by atoms with Crippen LogP contribution >= 0.6 is 15.9 Å². The zero-order valence-corrected chi connectivity index (χ0v) is 13.0. The first kappa shape index (κ1) is 15.4. The molecule has 0 saturated heterocycles. The molecule has 0 unspecified atom stereocenters. The summed E-state index contributed by atoms with van der Waals surface area (Å²) >= 11 is 2.88. The van der Waals surface area contributed by atoms with Gasteiger partial charge in [-0.15, -0.1) is 0 Å². The van der Waals surface area contributed by atoms with Crippen LogP contribution in [0.5, 0.6) is 0 Å². The number of hydrogen-bond donors (Lipinski definition) is 2. The summed E-state index contributed by atoms with van der Waals surface area (Å²) in [4.78, 5) is 12.2. The van der Waals surface area contributed by atoms with Crippen molar-refractivity contribution in [3.63, 3.8) is 0 Å². The van der Waals surface area contributed by atoms with Gasteiger partial charge in [0.15, 0.2) is 0 Å². The first-order chi connectivity index (χ1) is 9.92. The van der Waals surface area contributed by atoms with Gasteiger partial charge in [0.25, 0.3) is 5.91 Å². The van der Waals surface area contributed by atoms with Crippen LogP contribution in [0.2, 0.25) is 0 Å². The SMILES string of the molecule is CNc1ccc(C(=O)Nc2cc(F)c(Br)cc2F)c(C)c1. The third-order valence-electron chi connectivity index (χ3n) is 3.02. The predicted molar refractivity (Wildman–Crippen MR) is 82.7 cm³/mol. The number of amides is 1. The molecule has 3 nitrogen and oxygen atoms in total. The molecule has 0 aromatic heterocycles. The summed E-state index contributed by atoms with van der Waals surface area (Å²) in [6.45, 7) is 1.77. The highest BCUT2D eigenvalue weighted by Crippen LogP contribution is 2.24. The van der Waals surface area contributed by atoms with Gasteiger partial charge >= 0.3 is 0 Å². The van der Waals surface area contributed by atoms with Gasteiger partial charge in [0.2, 0.25) is 0 Å². The van der Waals surface area contributed by atoms with Crippen LogP contribution in [0.3, 0.4) is 0 Å². The summed E-state index contributed by atoms with van der Waals surface area (Å²) in [5.74, 6) is -1.84. The molecule has 2 N–H and O–H groups in total. The van der Waals surface area contributed by atoms with E-state index in [4.69, 9.17) is 0 Å². The Morgan fingerprint density at radius 2 is 1.86 bits per heavy atom. The van der Waals surface area contributed by atoms with E-state index in [1.54, 1.807) is 32.2 Å². The zero-order valence-electron chi connectivity index (χ0n) is 11.4. The van der Waals surface area contributed by atoms with Gasteiger partial charge in [-0.1, -0.05) is 0 Å². The molecular formula is C15H13BrF2N2O. The van der Waals surface area contributed by atoms with Crippen molar-refractivity contribution in [1.82, 2.24) is 0 Å². The number of nitrogens with one attached hydrogen (secondary N) is 2. The number of anilines is 2. The van der Waals surface area contributed by atoms with E-state index in [1.807, 2.05) is 0 Å². The topological polar surface area (TPSA) is 41.1 Å². The smallest absolute Gasteiger partial charge is 0.256 e. The standard InChI is InChI=1S/C15H13BrF2N2O/c1-8-5-9(19-2)3-4-10(8)15(21)20-14-7-12(17)11(16)6-13(14)18/h3-7,19H,1-2H3,(H,20,21). The van der Waals surface area contributed by atoms with Crippen LogP contribution in [0.15, 0.2) is 34.8 Å². The molecule has 6 heteroatoms. The fourth-order valence-corrected chi connectivity index (χ4v) is 2.20. The lowest BCUT2D eigenvalue weighted by molar-refractivity contribution is 0.102. The normalized spacial score (nSPS) is 10.3. The molecule has 0 spiro atoms. The van der Waals surface area contributed by atoms with Crippen molar-refractivity contribution in [2.75, 3.05) is 17.7 Å². The Balaban J connectivity index is 2.28. The second-order valence-electron chi connectivity index (χ2n) is 4.48. The van der Waals surface area contributed by atoms with Gasteiger partial charge in [-0.25, -0.2) is 8.78 Å². The van der Waals surface area contributed by atoms with Gasteiger partial charge in [0, 0.05) is 24.4 Å². The maximum absolute atomic E-state index is 13.7. The summed E-state index contributed by atoms with van der Waals surface area (Å²) in [5.41, 5.74) is 1.80. The highest BCUT2D eigenvalue weighted by atomic mass is 79.9. The maximum Gasteiger partial charge on any atom is 0.256 e. The molecule has 21 heavy (non-hydrogen) atoms. The molecule has 2 aromatic carbocycles. The van der Waals surface area contributed by atoms with Crippen molar-refractivity contribution in [3.05, 3.63) is 57.6 Å².